The smallest absolute Gasteiger partial charge is 0.0283 e. The van der Waals surface area contributed by atoms with Crippen LogP contribution in [0, 0.1) is 18.8 Å². The van der Waals surface area contributed by atoms with E-state index in [0.717, 1.165) is 5.92 Å². The Kier molecular flexibility index (Phi) is 2.96. The van der Waals surface area contributed by atoms with Gasteiger partial charge in [0.2, 0.25) is 0 Å². The van der Waals surface area contributed by atoms with Crippen molar-refractivity contribution in [3.63, 3.8) is 0 Å². The van der Waals surface area contributed by atoms with Gasteiger partial charge in [-0.05, 0) is 36.7 Å². The van der Waals surface area contributed by atoms with Gasteiger partial charge in [0.1, 0.15) is 0 Å². The van der Waals surface area contributed by atoms with Crippen LogP contribution in [0.4, 0.5) is 0 Å². The van der Waals surface area contributed by atoms with E-state index in [9.17, 15) is 0 Å². The molecule has 88 valence electrons. The lowest BCUT2D eigenvalue weighted by atomic mass is 9.92. The maximum Gasteiger partial charge on any atom is 0.0283 e. The molecule has 0 radical (unpaired) electrons. The summed E-state index contributed by atoms with van der Waals surface area (Å²) in [6, 6.07) is 9.03. The third kappa shape index (κ3) is 2.01. The van der Waals surface area contributed by atoms with Crippen molar-refractivity contribution >= 4 is 15.9 Å². The fourth-order valence-corrected chi connectivity index (χ4v) is 4.16. The number of fused-ring (bicyclic) bond motifs is 1. The van der Waals surface area contributed by atoms with Gasteiger partial charge in [0.15, 0.2) is 0 Å². The van der Waals surface area contributed by atoms with E-state index in [1.54, 1.807) is 0 Å². The molecule has 2 aliphatic carbocycles. The van der Waals surface area contributed by atoms with Crippen molar-refractivity contribution in [2.24, 2.45) is 11.8 Å². The molecule has 0 amide bonds. The average Bonchev–Trinajstić information content (AvgIpc) is 2.69. The first-order valence-electron chi connectivity index (χ1n) is 6.31. The standard InChI is InChI=1S/C16H17Br/c1-11-6-8-12(9-7-11)15-10-13-4-2-3-5-14(13)16(15)17/h2-9,13-16H,10H2,1H3. The summed E-state index contributed by atoms with van der Waals surface area (Å²) in [6.45, 7) is 2.15. The Hall–Kier alpha value is -0.820. The first-order valence-corrected chi connectivity index (χ1v) is 7.23. The molecule has 1 aromatic carbocycles. The molecule has 4 atom stereocenters. The van der Waals surface area contributed by atoms with Crippen LogP contribution < -0.4 is 0 Å². The van der Waals surface area contributed by atoms with Crippen LogP contribution >= 0.6 is 15.9 Å². The van der Waals surface area contributed by atoms with Gasteiger partial charge in [-0.25, -0.2) is 0 Å². The Morgan fingerprint density at radius 2 is 1.76 bits per heavy atom. The maximum atomic E-state index is 3.92. The zero-order valence-corrected chi connectivity index (χ0v) is 11.6. The predicted octanol–water partition coefficient (Wildman–Crippen LogP) is 4.60. The van der Waals surface area contributed by atoms with E-state index in [1.165, 1.54) is 17.5 Å². The molecule has 2 aliphatic rings. The minimum atomic E-state index is 0.580. The van der Waals surface area contributed by atoms with Gasteiger partial charge in [-0.15, -0.1) is 0 Å². The molecular weight excluding hydrogens is 272 g/mol. The Bertz CT molecular complexity index is 455. The normalized spacial score (nSPS) is 34.9. The lowest BCUT2D eigenvalue weighted by Crippen LogP contribution is -2.14. The molecule has 0 bridgehead atoms. The van der Waals surface area contributed by atoms with Gasteiger partial charge in [-0.2, -0.15) is 0 Å². The van der Waals surface area contributed by atoms with Crippen LogP contribution in [0.3, 0.4) is 0 Å². The second-order valence-electron chi connectivity index (χ2n) is 5.21. The number of halogens is 1. The number of alkyl halides is 1. The van der Waals surface area contributed by atoms with Gasteiger partial charge in [0, 0.05) is 4.83 Å². The highest BCUT2D eigenvalue weighted by Crippen LogP contribution is 2.48. The number of rotatable bonds is 1. The van der Waals surface area contributed by atoms with Gasteiger partial charge in [-0.3, -0.25) is 0 Å². The topological polar surface area (TPSA) is 0 Å². The second-order valence-corrected chi connectivity index (χ2v) is 6.27. The zero-order valence-electron chi connectivity index (χ0n) is 10.0. The van der Waals surface area contributed by atoms with E-state index in [4.69, 9.17) is 0 Å². The Morgan fingerprint density at radius 3 is 2.47 bits per heavy atom. The summed E-state index contributed by atoms with van der Waals surface area (Å²) in [7, 11) is 0. The minimum absolute atomic E-state index is 0.580. The van der Waals surface area contributed by atoms with Crippen LogP contribution in [-0.4, -0.2) is 4.83 Å². The SMILES string of the molecule is Cc1ccc(C2CC3C=CC=CC3C2Br)cc1. The summed E-state index contributed by atoms with van der Waals surface area (Å²) in [5.41, 5.74) is 2.82. The van der Waals surface area contributed by atoms with E-state index in [2.05, 4.69) is 71.4 Å². The highest BCUT2D eigenvalue weighted by molar-refractivity contribution is 9.09. The predicted molar refractivity (Wildman–Crippen MR) is 76.5 cm³/mol. The molecule has 0 saturated heterocycles. The van der Waals surface area contributed by atoms with E-state index < -0.39 is 0 Å². The first-order chi connectivity index (χ1) is 8.25. The van der Waals surface area contributed by atoms with Gasteiger partial charge >= 0.3 is 0 Å². The van der Waals surface area contributed by atoms with Crippen molar-refractivity contribution in [3.8, 4) is 0 Å². The molecular formula is C16H17Br. The third-order valence-corrected chi connectivity index (χ3v) is 5.33. The maximum absolute atomic E-state index is 3.92. The Labute approximate surface area is 112 Å². The molecule has 1 aromatic rings. The third-order valence-electron chi connectivity index (χ3n) is 4.08. The van der Waals surface area contributed by atoms with Crippen molar-refractivity contribution in [2.45, 2.75) is 24.1 Å². The lowest BCUT2D eigenvalue weighted by molar-refractivity contribution is 0.561. The molecule has 1 saturated carbocycles. The number of aryl methyl sites for hydroxylation is 1. The number of allylic oxidation sites excluding steroid dienone is 4. The quantitative estimate of drug-likeness (QED) is 0.663. The summed E-state index contributed by atoms with van der Waals surface area (Å²) in [5, 5.41) is 0. The Balaban J connectivity index is 1.88. The largest absolute Gasteiger partial charge is 0.0877 e. The average molecular weight is 289 g/mol. The van der Waals surface area contributed by atoms with Crippen LogP contribution in [0.1, 0.15) is 23.5 Å². The van der Waals surface area contributed by atoms with E-state index in [-0.39, 0.29) is 0 Å². The number of hydrogen-bond acceptors (Lipinski definition) is 0. The zero-order chi connectivity index (χ0) is 11.8. The summed E-state index contributed by atoms with van der Waals surface area (Å²) in [5.74, 6) is 2.04. The molecule has 4 unspecified atom stereocenters. The monoisotopic (exact) mass is 288 g/mol. The van der Waals surface area contributed by atoms with E-state index in [1.807, 2.05) is 0 Å². The van der Waals surface area contributed by atoms with Gasteiger partial charge in [0.05, 0.1) is 0 Å². The molecule has 0 nitrogen and oxygen atoms in total. The fraction of sp³-hybridized carbons (Fsp3) is 0.375. The van der Waals surface area contributed by atoms with Crippen molar-refractivity contribution < 1.29 is 0 Å². The van der Waals surface area contributed by atoms with Crippen LogP contribution in [-0.2, 0) is 0 Å². The lowest BCUT2D eigenvalue weighted by Gasteiger charge is -2.19. The molecule has 0 heterocycles. The first kappa shape index (κ1) is 11.3. The van der Waals surface area contributed by atoms with Gasteiger partial charge in [0.25, 0.3) is 0 Å². The van der Waals surface area contributed by atoms with Crippen LogP contribution in [0.15, 0.2) is 48.6 Å². The molecule has 0 N–H and O–H groups in total. The highest BCUT2D eigenvalue weighted by Gasteiger charge is 2.40. The molecule has 0 aliphatic heterocycles. The summed E-state index contributed by atoms with van der Waals surface area (Å²) < 4.78 is 0. The van der Waals surface area contributed by atoms with Crippen molar-refractivity contribution in [1.29, 1.82) is 0 Å². The van der Waals surface area contributed by atoms with Gasteiger partial charge in [-0.1, -0.05) is 70.1 Å². The second kappa shape index (κ2) is 4.45. The molecule has 1 fully saturated rings. The molecule has 0 aromatic heterocycles. The van der Waals surface area contributed by atoms with Crippen molar-refractivity contribution in [2.75, 3.05) is 0 Å². The van der Waals surface area contributed by atoms with Crippen LogP contribution in [0.5, 0.6) is 0 Å². The summed E-state index contributed by atoms with van der Waals surface area (Å²) >= 11 is 3.92. The van der Waals surface area contributed by atoms with Crippen molar-refractivity contribution in [1.82, 2.24) is 0 Å². The highest BCUT2D eigenvalue weighted by atomic mass is 79.9. The minimum Gasteiger partial charge on any atom is -0.0877 e. The van der Waals surface area contributed by atoms with E-state index in [0.29, 0.717) is 16.7 Å². The summed E-state index contributed by atoms with van der Waals surface area (Å²) in [4.78, 5) is 0.580. The summed E-state index contributed by atoms with van der Waals surface area (Å²) in [6.07, 6.45) is 10.4. The van der Waals surface area contributed by atoms with Crippen LogP contribution in [0.25, 0.3) is 0 Å². The van der Waals surface area contributed by atoms with Crippen LogP contribution in [0.2, 0.25) is 0 Å². The van der Waals surface area contributed by atoms with E-state index >= 15 is 0 Å². The molecule has 0 spiro atoms. The molecule has 17 heavy (non-hydrogen) atoms. The van der Waals surface area contributed by atoms with Crippen molar-refractivity contribution in [3.05, 3.63) is 59.7 Å². The number of benzene rings is 1. The fourth-order valence-electron chi connectivity index (χ4n) is 3.07. The molecule has 1 heteroatoms. The molecule has 3 rings (SSSR count). The number of hydrogen-bond donors (Lipinski definition) is 0. The van der Waals surface area contributed by atoms with Gasteiger partial charge < -0.3 is 0 Å². The Morgan fingerprint density at radius 1 is 1.06 bits per heavy atom.